The number of hydrogen-bond acceptors (Lipinski definition) is 8. The fourth-order valence-electron chi connectivity index (χ4n) is 2.53. The van der Waals surface area contributed by atoms with Crippen molar-refractivity contribution in [2.45, 2.75) is 0 Å². The van der Waals surface area contributed by atoms with Gasteiger partial charge in [-0.25, -0.2) is 15.0 Å². The van der Waals surface area contributed by atoms with Crippen molar-refractivity contribution < 1.29 is 4.79 Å². The first-order chi connectivity index (χ1) is 13.8. The average molecular weight is 409 g/mol. The zero-order valence-electron chi connectivity index (χ0n) is 14.7. The zero-order chi connectivity index (χ0) is 19.2. The summed E-state index contributed by atoms with van der Waals surface area (Å²) in [7, 11) is 0. The monoisotopic (exact) mass is 408 g/mol. The number of nitrogens with zero attached hydrogens (tertiary/aromatic N) is 4. The van der Waals surface area contributed by atoms with E-state index in [0.29, 0.717) is 24.6 Å². The molecule has 9 heteroatoms. The van der Waals surface area contributed by atoms with Crippen LogP contribution >= 0.6 is 22.7 Å². The Morgan fingerprint density at radius 2 is 1.96 bits per heavy atom. The first kappa shape index (κ1) is 18.2. The van der Waals surface area contributed by atoms with Crippen molar-refractivity contribution in [1.82, 2.24) is 25.3 Å². The molecule has 0 aliphatic rings. The molecule has 1 amide bonds. The molecule has 0 aliphatic heterocycles. The molecule has 140 valence electrons. The molecule has 4 aromatic rings. The molecule has 0 atom stereocenters. The highest BCUT2D eigenvalue weighted by atomic mass is 32.1. The average Bonchev–Trinajstić information content (AvgIpc) is 3.46. The lowest BCUT2D eigenvalue weighted by molar-refractivity contribution is 0.0955. The molecule has 0 saturated heterocycles. The Labute approximate surface area is 169 Å². The molecule has 0 aromatic carbocycles. The Hall–Kier alpha value is -3.17. The zero-order valence-corrected chi connectivity index (χ0v) is 16.3. The van der Waals surface area contributed by atoms with Gasteiger partial charge in [0.15, 0.2) is 0 Å². The van der Waals surface area contributed by atoms with E-state index in [0.717, 1.165) is 21.1 Å². The van der Waals surface area contributed by atoms with Crippen molar-refractivity contribution in [1.29, 1.82) is 0 Å². The molecule has 0 spiro atoms. The predicted molar refractivity (Wildman–Crippen MR) is 112 cm³/mol. The molecule has 4 aromatic heterocycles. The van der Waals surface area contributed by atoms with Crippen LogP contribution in [0.5, 0.6) is 0 Å². The molecule has 4 heterocycles. The van der Waals surface area contributed by atoms with E-state index in [9.17, 15) is 4.79 Å². The summed E-state index contributed by atoms with van der Waals surface area (Å²) in [6.07, 6.45) is 6.75. The van der Waals surface area contributed by atoms with E-state index >= 15 is 0 Å². The molecule has 0 unspecified atom stereocenters. The number of thiazole rings is 1. The highest BCUT2D eigenvalue weighted by Crippen LogP contribution is 2.34. The molecule has 0 saturated carbocycles. The van der Waals surface area contributed by atoms with E-state index in [4.69, 9.17) is 0 Å². The van der Waals surface area contributed by atoms with Crippen LogP contribution < -0.4 is 10.6 Å². The minimum atomic E-state index is -0.160. The summed E-state index contributed by atoms with van der Waals surface area (Å²) in [6.45, 7) is 0.942. The van der Waals surface area contributed by atoms with E-state index in [2.05, 4.69) is 30.6 Å². The van der Waals surface area contributed by atoms with Gasteiger partial charge < -0.3 is 10.6 Å². The van der Waals surface area contributed by atoms with Gasteiger partial charge in [-0.1, -0.05) is 6.07 Å². The van der Waals surface area contributed by atoms with Crippen molar-refractivity contribution in [3.63, 3.8) is 0 Å². The number of amides is 1. The summed E-state index contributed by atoms with van der Waals surface area (Å²) in [4.78, 5) is 30.5. The molecular formula is C19H16N6OS2. The summed E-state index contributed by atoms with van der Waals surface area (Å²) >= 11 is 3.18. The molecule has 0 fully saturated rings. The van der Waals surface area contributed by atoms with Gasteiger partial charge in [0.1, 0.15) is 10.7 Å². The van der Waals surface area contributed by atoms with Crippen LogP contribution in [0.2, 0.25) is 0 Å². The van der Waals surface area contributed by atoms with Crippen LogP contribution in [0.15, 0.2) is 59.8 Å². The SMILES string of the molecule is O=C(NCCNc1ncc(-c2cccs2)c(-c2nccs2)n1)c1cccnc1. The second-order valence-corrected chi connectivity index (χ2v) is 7.54. The third kappa shape index (κ3) is 4.21. The standard InChI is InChI=1S/C19H16N6OS2/c26-17(13-3-1-5-20-11-13)21-6-7-23-19-24-12-14(15-4-2-9-27-15)16(25-19)18-22-8-10-28-18/h1-5,8-12H,6-7H2,(H,21,26)(H,23,24,25). The topological polar surface area (TPSA) is 92.7 Å². The number of anilines is 1. The minimum absolute atomic E-state index is 0.160. The number of pyridine rings is 1. The number of carbonyl (C=O) groups excluding carboxylic acids is 1. The minimum Gasteiger partial charge on any atom is -0.352 e. The van der Waals surface area contributed by atoms with Gasteiger partial charge >= 0.3 is 0 Å². The Balaban J connectivity index is 1.43. The summed E-state index contributed by atoms with van der Waals surface area (Å²) in [6, 6.07) is 7.50. The van der Waals surface area contributed by atoms with Crippen LogP contribution in [0.4, 0.5) is 5.95 Å². The number of nitrogens with one attached hydrogen (secondary N) is 2. The van der Waals surface area contributed by atoms with E-state index in [-0.39, 0.29) is 5.91 Å². The van der Waals surface area contributed by atoms with E-state index in [1.54, 1.807) is 35.9 Å². The van der Waals surface area contributed by atoms with Gasteiger partial charge in [0, 0.05) is 53.7 Å². The van der Waals surface area contributed by atoms with Gasteiger partial charge in [0.05, 0.1) is 5.56 Å². The number of thiophene rings is 1. The van der Waals surface area contributed by atoms with Gasteiger partial charge in [-0.2, -0.15) is 0 Å². The third-order valence-electron chi connectivity index (χ3n) is 3.83. The van der Waals surface area contributed by atoms with Crippen molar-refractivity contribution in [2.75, 3.05) is 18.4 Å². The normalized spacial score (nSPS) is 10.6. The molecule has 0 aliphatic carbocycles. The van der Waals surface area contributed by atoms with Crippen molar-refractivity contribution >= 4 is 34.5 Å². The maximum Gasteiger partial charge on any atom is 0.252 e. The van der Waals surface area contributed by atoms with Crippen molar-refractivity contribution in [3.05, 3.63) is 65.4 Å². The Morgan fingerprint density at radius 1 is 1.00 bits per heavy atom. The van der Waals surface area contributed by atoms with Gasteiger partial charge in [-0.15, -0.1) is 22.7 Å². The Kier molecular flexibility index (Phi) is 5.64. The summed E-state index contributed by atoms with van der Waals surface area (Å²) in [5.41, 5.74) is 2.29. The molecule has 0 radical (unpaired) electrons. The lowest BCUT2D eigenvalue weighted by Crippen LogP contribution is -2.29. The molecule has 0 bridgehead atoms. The molecular weight excluding hydrogens is 392 g/mol. The van der Waals surface area contributed by atoms with Crippen molar-refractivity contribution in [2.24, 2.45) is 0 Å². The summed E-state index contributed by atoms with van der Waals surface area (Å²) < 4.78 is 0. The first-order valence-corrected chi connectivity index (χ1v) is 10.3. The van der Waals surface area contributed by atoms with Gasteiger partial charge in [0.25, 0.3) is 5.91 Å². The Bertz CT molecular complexity index is 1040. The van der Waals surface area contributed by atoms with Crippen LogP contribution in [0.25, 0.3) is 21.1 Å². The highest BCUT2D eigenvalue weighted by molar-refractivity contribution is 7.14. The van der Waals surface area contributed by atoms with Crippen molar-refractivity contribution in [3.8, 4) is 21.1 Å². The van der Waals surface area contributed by atoms with Crippen LogP contribution in [-0.4, -0.2) is 38.9 Å². The predicted octanol–water partition coefficient (Wildman–Crippen LogP) is 3.57. The highest BCUT2D eigenvalue weighted by Gasteiger charge is 2.14. The van der Waals surface area contributed by atoms with Crippen LogP contribution in [0.3, 0.4) is 0 Å². The lowest BCUT2D eigenvalue weighted by atomic mass is 10.2. The second kappa shape index (κ2) is 8.68. The number of rotatable bonds is 7. The molecule has 2 N–H and O–H groups in total. The maximum atomic E-state index is 12.0. The quantitative estimate of drug-likeness (QED) is 0.454. The summed E-state index contributed by atoms with van der Waals surface area (Å²) in [5.74, 6) is 0.341. The van der Waals surface area contributed by atoms with E-state index in [1.165, 1.54) is 17.5 Å². The fourth-order valence-corrected chi connectivity index (χ4v) is 3.91. The molecule has 7 nitrogen and oxygen atoms in total. The van der Waals surface area contributed by atoms with Gasteiger partial charge in [0.2, 0.25) is 5.95 Å². The van der Waals surface area contributed by atoms with E-state index < -0.39 is 0 Å². The number of hydrogen-bond donors (Lipinski definition) is 2. The fraction of sp³-hybridized carbons (Fsp3) is 0.105. The number of aromatic nitrogens is 4. The van der Waals surface area contributed by atoms with Gasteiger partial charge in [-0.05, 0) is 23.6 Å². The smallest absolute Gasteiger partial charge is 0.252 e. The lowest BCUT2D eigenvalue weighted by Gasteiger charge is -2.10. The molecule has 4 rings (SSSR count). The Morgan fingerprint density at radius 3 is 2.71 bits per heavy atom. The van der Waals surface area contributed by atoms with Crippen LogP contribution in [0, 0.1) is 0 Å². The van der Waals surface area contributed by atoms with E-state index in [1.807, 2.05) is 29.1 Å². The first-order valence-electron chi connectivity index (χ1n) is 8.54. The maximum absolute atomic E-state index is 12.0. The molecule has 28 heavy (non-hydrogen) atoms. The second-order valence-electron chi connectivity index (χ2n) is 5.69. The van der Waals surface area contributed by atoms with Crippen LogP contribution in [0.1, 0.15) is 10.4 Å². The third-order valence-corrected chi connectivity index (χ3v) is 5.51. The van der Waals surface area contributed by atoms with Gasteiger partial charge in [-0.3, -0.25) is 9.78 Å². The largest absolute Gasteiger partial charge is 0.352 e. The summed E-state index contributed by atoms with van der Waals surface area (Å²) in [5, 5.41) is 10.8. The van der Waals surface area contributed by atoms with Crippen LogP contribution in [-0.2, 0) is 0 Å². The number of carbonyl (C=O) groups is 1.